The number of urea groups is 1. The molecule has 0 spiro atoms. The fourth-order valence-corrected chi connectivity index (χ4v) is 4.53. The van der Waals surface area contributed by atoms with Gasteiger partial charge in [0.2, 0.25) is 0 Å². The zero-order valence-corrected chi connectivity index (χ0v) is 23.1. The molecule has 10 nitrogen and oxygen atoms in total. The average Bonchev–Trinajstić information content (AvgIpc) is 3.37. The molecule has 40 heavy (non-hydrogen) atoms. The molecule has 3 heterocycles. The Morgan fingerprint density at radius 2 is 1.75 bits per heavy atom. The maximum absolute atomic E-state index is 13.0. The summed E-state index contributed by atoms with van der Waals surface area (Å²) < 4.78 is 7.64. The van der Waals surface area contributed by atoms with E-state index < -0.39 is 0 Å². The maximum atomic E-state index is 13.0. The first-order valence-corrected chi connectivity index (χ1v) is 13.2. The highest BCUT2D eigenvalue weighted by molar-refractivity contribution is 5.99. The highest BCUT2D eigenvalue weighted by Gasteiger charge is 2.18. The van der Waals surface area contributed by atoms with Gasteiger partial charge in [-0.2, -0.15) is 5.10 Å². The van der Waals surface area contributed by atoms with Crippen LogP contribution < -0.4 is 20.7 Å². The first kappa shape index (κ1) is 26.9. The van der Waals surface area contributed by atoms with Gasteiger partial charge >= 0.3 is 6.03 Å². The van der Waals surface area contributed by atoms with Crippen molar-refractivity contribution in [1.82, 2.24) is 25.0 Å². The second kappa shape index (κ2) is 11.6. The van der Waals surface area contributed by atoms with Crippen molar-refractivity contribution in [1.29, 1.82) is 0 Å². The molecule has 0 radical (unpaired) electrons. The number of fused-ring (bicyclic) bond motifs is 1. The molecule has 206 valence electrons. The minimum Gasteiger partial charge on any atom is -0.457 e. The summed E-state index contributed by atoms with van der Waals surface area (Å²) in [5.41, 5.74) is 5.31. The number of benzene rings is 2. The summed E-state index contributed by atoms with van der Waals surface area (Å²) in [6, 6.07) is 18.1. The minimum atomic E-state index is -0.380. The average molecular weight is 540 g/mol. The largest absolute Gasteiger partial charge is 0.457 e. The fourth-order valence-electron chi connectivity index (χ4n) is 4.53. The number of ether oxygens (including phenoxy) is 1. The molecule has 10 heteroatoms. The zero-order chi connectivity index (χ0) is 28.2. The zero-order valence-electron chi connectivity index (χ0n) is 23.1. The molecule has 0 saturated carbocycles. The number of amides is 3. The molecule has 4 aromatic rings. The number of anilines is 2. The first-order valence-electron chi connectivity index (χ1n) is 13.2. The molecule has 1 aliphatic rings. The summed E-state index contributed by atoms with van der Waals surface area (Å²) in [6.07, 6.45) is 2.50. The number of hydrogen-bond donors (Lipinski definition) is 3. The summed E-state index contributed by atoms with van der Waals surface area (Å²) in [5.74, 6) is 1.54. The van der Waals surface area contributed by atoms with Gasteiger partial charge in [0.1, 0.15) is 23.0 Å². The molecule has 2 aromatic carbocycles. The van der Waals surface area contributed by atoms with Crippen LogP contribution in [0.3, 0.4) is 0 Å². The second-order valence-electron chi connectivity index (χ2n) is 10.1. The topological polar surface area (TPSA) is 113 Å². The summed E-state index contributed by atoms with van der Waals surface area (Å²) >= 11 is 0. The van der Waals surface area contributed by atoms with Crippen molar-refractivity contribution in [3.05, 3.63) is 89.4 Å². The fraction of sp³-hybridized carbons (Fsp3) is 0.267. The number of carbonyl (C=O) groups is 2. The standard InChI is InChI=1S/C30H33N7O3/c1-19(2)26-17-28(37(35-26)23-8-5-21-18-36(4)14-12-20(21)15-23)34-30(39)33-22-6-9-24(10-7-22)40-25-11-13-32-27(16-25)29(38)31-3/h5-11,13,15-17,19H,12,14,18H2,1-4H3,(H,31,38)(H2,33,34,39). The Labute approximate surface area is 233 Å². The van der Waals surface area contributed by atoms with Crippen LogP contribution in [-0.2, 0) is 13.0 Å². The van der Waals surface area contributed by atoms with Crippen molar-refractivity contribution < 1.29 is 14.3 Å². The van der Waals surface area contributed by atoms with Gasteiger partial charge in [0.05, 0.1) is 11.4 Å². The third kappa shape index (κ3) is 6.13. The lowest BCUT2D eigenvalue weighted by Gasteiger charge is -2.25. The molecule has 0 bridgehead atoms. The van der Waals surface area contributed by atoms with E-state index in [1.54, 1.807) is 48.1 Å². The molecule has 0 saturated heterocycles. The van der Waals surface area contributed by atoms with Gasteiger partial charge in [-0.15, -0.1) is 0 Å². The van der Waals surface area contributed by atoms with Gasteiger partial charge < -0.3 is 20.3 Å². The Kier molecular flexibility index (Phi) is 7.79. The van der Waals surface area contributed by atoms with Crippen LogP contribution in [0.15, 0.2) is 66.9 Å². The van der Waals surface area contributed by atoms with Crippen LogP contribution in [0.5, 0.6) is 11.5 Å². The summed E-state index contributed by atoms with van der Waals surface area (Å²) in [7, 11) is 3.68. The van der Waals surface area contributed by atoms with Crippen molar-refractivity contribution in [3.8, 4) is 17.2 Å². The minimum absolute atomic E-state index is 0.205. The summed E-state index contributed by atoms with van der Waals surface area (Å²) in [4.78, 5) is 31.1. The van der Waals surface area contributed by atoms with Crippen LogP contribution in [0.1, 0.15) is 47.1 Å². The van der Waals surface area contributed by atoms with Gasteiger partial charge in [-0.1, -0.05) is 19.9 Å². The molecule has 3 amide bonds. The number of rotatable bonds is 7. The third-order valence-electron chi connectivity index (χ3n) is 6.74. The van der Waals surface area contributed by atoms with Crippen molar-refractivity contribution in [2.24, 2.45) is 0 Å². The first-order chi connectivity index (χ1) is 19.3. The molecule has 0 atom stereocenters. The van der Waals surface area contributed by atoms with Crippen molar-refractivity contribution in [3.63, 3.8) is 0 Å². The van der Waals surface area contributed by atoms with Gasteiger partial charge in [0.25, 0.3) is 5.91 Å². The number of hydrogen-bond acceptors (Lipinski definition) is 6. The molecular formula is C30H33N7O3. The molecule has 0 unspecified atom stereocenters. The lowest BCUT2D eigenvalue weighted by Crippen LogP contribution is -2.26. The lowest BCUT2D eigenvalue weighted by atomic mass is 9.99. The van der Waals surface area contributed by atoms with Crippen molar-refractivity contribution in [2.45, 2.75) is 32.7 Å². The monoisotopic (exact) mass is 539 g/mol. The third-order valence-corrected chi connectivity index (χ3v) is 6.74. The summed E-state index contributed by atoms with van der Waals surface area (Å²) in [6.45, 7) is 6.11. The van der Waals surface area contributed by atoms with Gasteiger partial charge in [-0.05, 0) is 73.0 Å². The van der Waals surface area contributed by atoms with E-state index in [9.17, 15) is 9.59 Å². The number of carbonyl (C=O) groups excluding carboxylic acids is 2. The van der Waals surface area contributed by atoms with E-state index in [2.05, 4.69) is 64.9 Å². The van der Waals surface area contributed by atoms with E-state index in [0.717, 1.165) is 30.9 Å². The van der Waals surface area contributed by atoms with Crippen molar-refractivity contribution >= 4 is 23.4 Å². The Bertz CT molecular complexity index is 1530. The SMILES string of the molecule is CNC(=O)c1cc(Oc2ccc(NC(=O)Nc3cc(C(C)C)nn3-c3ccc4c(c3)CCN(C)C4)cc2)ccn1. The van der Waals surface area contributed by atoms with Crippen LogP contribution in [-0.4, -0.2) is 52.2 Å². The molecule has 3 N–H and O–H groups in total. The highest BCUT2D eigenvalue weighted by atomic mass is 16.5. The predicted molar refractivity (Wildman–Crippen MR) is 154 cm³/mol. The van der Waals surface area contributed by atoms with Gasteiger partial charge in [0, 0.05) is 44.2 Å². The number of nitrogens with one attached hydrogen (secondary N) is 3. The number of nitrogens with zero attached hydrogens (tertiary/aromatic N) is 4. The Morgan fingerprint density at radius 3 is 2.50 bits per heavy atom. The molecule has 5 rings (SSSR count). The van der Waals surface area contributed by atoms with Crippen LogP contribution in [0.2, 0.25) is 0 Å². The van der Waals surface area contributed by atoms with Gasteiger partial charge in [-0.25, -0.2) is 9.48 Å². The summed E-state index contributed by atoms with van der Waals surface area (Å²) in [5, 5.41) is 13.2. The Morgan fingerprint density at radius 1 is 0.950 bits per heavy atom. The van der Waals surface area contributed by atoms with E-state index >= 15 is 0 Å². The second-order valence-corrected chi connectivity index (χ2v) is 10.1. The van der Waals surface area contributed by atoms with E-state index in [1.165, 1.54) is 17.3 Å². The van der Waals surface area contributed by atoms with E-state index in [4.69, 9.17) is 9.84 Å². The Balaban J connectivity index is 1.28. The number of pyridine rings is 1. The van der Waals surface area contributed by atoms with Crippen molar-refractivity contribution in [2.75, 3.05) is 31.3 Å². The molecule has 0 fully saturated rings. The smallest absolute Gasteiger partial charge is 0.324 e. The molecule has 2 aromatic heterocycles. The number of likely N-dealkylation sites (N-methyl/N-ethyl adjacent to an activating group) is 1. The predicted octanol–water partition coefficient (Wildman–Crippen LogP) is 5.17. The maximum Gasteiger partial charge on any atom is 0.324 e. The van der Waals surface area contributed by atoms with E-state index in [-0.39, 0.29) is 23.6 Å². The number of aromatic nitrogens is 3. The lowest BCUT2D eigenvalue weighted by molar-refractivity contribution is 0.0958. The normalized spacial score (nSPS) is 13.0. The van der Waals surface area contributed by atoms with E-state index in [0.29, 0.717) is 23.0 Å². The molecular weight excluding hydrogens is 506 g/mol. The van der Waals surface area contributed by atoms with Crippen LogP contribution in [0.25, 0.3) is 5.69 Å². The van der Waals surface area contributed by atoms with Crippen LogP contribution >= 0.6 is 0 Å². The van der Waals surface area contributed by atoms with Gasteiger partial charge in [-0.3, -0.25) is 15.1 Å². The van der Waals surface area contributed by atoms with Crippen LogP contribution in [0.4, 0.5) is 16.3 Å². The molecule has 1 aliphatic heterocycles. The van der Waals surface area contributed by atoms with E-state index in [1.807, 2.05) is 6.07 Å². The highest BCUT2D eigenvalue weighted by Crippen LogP contribution is 2.27. The molecule has 0 aliphatic carbocycles. The van der Waals surface area contributed by atoms with Crippen LogP contribution in [0, 0.1) is 0 Å². The quantitative estimate of drug-likeness (QED) is 0.299. The Hall–Kier alpha value is -4.70. The van der Waals surface area contributed by atoms with Gasteiger partial charge in [0.15, 0.2) is 0 Å².